The van der Waals surface area contributed by atoms with Gasteiger partial charge in [-0.05, 0) is 77.2 Å². The van der Waals surface area contributed by atoms with Crippen molar-refractivity contribution in [2.75, 3.05) is 10.6 Å². The predicted octanol–water partition coefficient (Wildman–Crippen LogP) is 5.04. The van der Waals surface area contributed by atoms with Gasteiger partial charge in [0.25, 0.3) is 11.8 Å². The van der Waals surface area contributed by atoms with Gasteiger partial charge in [0.1, 0.15) is 0 Å². The molecular formula is C18H12ClIN2O3. The van der Waals surface area contributed by atoms with Crippen molar-refractivity contribution in [3.05, 3.63) is 80.8 Å². The van der Waals surface area contributed by atoms with Gasteiger partial charge in [-0.3, -0.25) is 9.59 Å². The molecule has 0 atom stereocenters. The molecule has 0 aliphatic carbocycles. The number of anilines is 2. The maximum atomic E-state index is 12.3. The number of furan rings is 1. The molecule has 0 aliphatic rings. The maximum absolute atomic E-state index is 12.3. The van der Waals surface area contributed by atoms with Crippen molar-refractivity contribution in [1.29, 1.82) is 0 Å². The van der Waals surface area contributed by atoms with Crippen molar-refractivity contribution in [3.8, 4) is 0 Å². The minimum atomic E-state index is -0.423. The molecule has 1 heterocycles. The molecule has 2 aromatic carbocycles. The summed E-state index contributed by atoms with van der Waals surface area (Å²) in [6.07, 6.45) is 1.41. The summed E-state index contributed by atoms with van der Waals surface area (Å²) in [6, 6.07) is 15.2. The fraction of sp³-hybridized carbons (Fsp3) is 0. The first-order chi connectivity index (χ1) is 12.0. The molecular weight excluding hydrogens is 455 g/mol. The number of amides is 2. The van der Waals surface area contributed by atoms with Crippen LogP contribution in [0.5, 0.6) is 0 Å². The van der Waals surface area contributed by atoms with Crippen molar-refractivity contribution < 1.29 is 14.0 Å². The van der Waals surface area contributed by atoms with Crippen LogP contribution in [0.1, 0.15) is 20.9 Å². The van der Waals surface area contributed by atoms with Gasteiger partial charge in [-0.2, -0.15) is 0 Å². The largest absolute Gasteiger partial charge is 0.459 e. The predicted molar refractivity (Wildman–Crippen MR) is 105 cm³/mol. The highest BCUT2D eigenvalue weighted by atomic mass is 127. The van der Waals surface area contributed by atoms with E-state index in [9.17, 15) is 9.59 Å². The van der Waals surface area contributed by atoms with Crippen LogP contribution in [0.3, 0.4) is 0 Å². The third-order valence-electron chi connectivity index (χ3n) is 3.32. The molecule has 0 aliphatic heterocycles. The second kappa shape index (κ2) is 7.71. The first-order valence-corrected chi connectivity index (χ1v) is 8.70. The molecule has 1 aromatic heterocycles. The number of carbonyl (C=O) groups excluding carboxylic acids is 2. The number of hydrogen-bond donors (Lipinski definition) is 2. The van der Waals surface area contributed by atoms with Gasteiger partial charge in [0.2, 0.25) is 0 Å². The van der Waals surface area contributed by atoms with E-state index < -0.39 is 5.91 Å². The van der Waals surface area contributed by atoms with E-state index in [1.54, 1.807) is 42.5 Å². The van der Waals surface area contributed by atoms with Crippen LogP contribution >= 0.6 is 34.2 Å². The fourth-order valence-corrected chi connectivity index (χ4v) is 2.62. The molecule has 0 fully saturated rings. The quantitative estimate of drug-likeness (QED) is 0.529. The summed E-state index contributed by atoms with van der Waals surface area (Å²) >= 11 is 8.29. The highest BCUT2D eigenvalue weighted by Crippen LogP contribution is 2.26. The third-order valence-corrected chi connectivity index (χ3v) is 4.37. The zero-order chi connectivity index (χ0) is 17.8. The van der Waals surface area contributed by atoms with E-state index in [-0.39, 0.29) is 11.7 Å². The number of hydrogen-bond acceptors (Lipinski definition) is 3. The molecule has 2 N–H and O–H groups in total. The van der Waals surface area contributed by atoms with Gasteiger partial charge in [-0.1, -0.05) is 11.6 Å². The number of halogens is 2. The van der Waals surface area contributed by atoms with E-state index in [0.717, 1.165) is 3.57 Å². The SMILES string of the molecule is O=C(Nc1ccc(Cl)c(NC(=O)c2ccco2)c1)c1ccc(I)cc1. The Balaban J connectivity index is 1.75. The average Bonchev–Trinajstić information content (AvgIpc) is 3.13. The summed E-state index contributed by atoms with van der Waals surface area (Å²) in [4.78, 5) is 24.3. The van der Waals surface area contributed by atoms with Crippen molar-refractivity contribution in [2.45, 2.75) is 0 Å². The minimum Gasteiger partial charge on any atom is -0.459 e. The smallest absolute Gasteiger partial charge is 0.291 e. The Hall–Kier alpha value is -2.32. The molecule has 0 unspecified atom stereocenters. The first kappa shape index (κ1) is 17.5. The lowest BCUT2D eigenvalue weighted by atomic mass is 10.2. The van der Waals surface area contributed by atoms with E-state index >= 15 is 0 Å². The van der Waals surface area contributed by atoms with Gasteiger partial charge in [-0.25, -0.2) is 0 Å². The zero-order valence-corrected chi connectivity index (χ0v) is 15.7. The van der Waals surface area contributed by atoms with Crippen molar-refractivity contribution >= 4 is 57.4 Å². The fourth-order valence-electron chi connectivity index (χ4n) is 2.10. The highest BCUT2D eigenvalue weighted by Gasteiger charge is 2.12. The van der Waals surface area contributed by atoms with E-state index in [0.29, 0.717) is 22.0 Å². The van der Waals surface area contributed by atoms with Crippen molar-refractivity contribution in [1.82, 2.24) is 0 Å². The Kier molecular flexibility index (Phi) is 5.40. The molecule has 2 amide bonds. The third kappa shape index (κ3) is 4.40. The minimum absolute atomic E-state index is 0.171. The zero-order valence-electron chi connectivity index (χ0n) is 12.8. The van der Waals surface area contributed by atoms with E-state index in [4.69, 9.17) is 16.0 Å². The van der Waals surface area contributed by atoms with Gasteiger partial charge in [0.15, 0.2) is 5.76 Å². The van der Waals surface area contributed by atoms with Crippen LogP contribution < -0.4 is 10.6 Å². The lowest BCUT2D eigenvalue weighted by Gasteiger charge is -2.10. The lowest BCUT2D eigenvalue weighted by molar-refractivity contribution is 0.0995. The van der Waals surface area contributed by atoms with Gasteiger partial charge in [-0.15, -0.1) is 0 Å². The van der Waals surface area contributed by atoms with E-state index in [1.165, 1.54) is 6.26 Å². The summed E-state index contributed by atoms with van der Waals surface area (Å²) in [6.45, 7) is 0. The Morgan fingerprint density at radius 1 is 0.960 bits per heavy atom. The monoisotopic (exact) mass is 466 g/mol. The molecule has 0 spiro atoms. The maximum Gasteiger partial charge on any atom is 0.291 e. The van der Waals surface area contributed by atoms with Crippen LogP contribution in [0.15, 0.2) is 65.3 Å². The Bertz CT molecular complexity index is 909. The van der Waals surface area contributed by atoms with Crippen LogP contribution in [-0.2, 0) is 0 Å². The topological polar surface area (TPSA) is 71.3 Å². The molecule has 0 radical (unpaired) electrons. The summed E-state index contributed by atoms with van der Waals surface area (Å²) < 4.78 is 6.09. The molecule has 126 valence electrons. The standard InChI is InChI=1S/C18H12ClIN2O3/c19-14-8-7-13(21-17(23)11-3-5-12(20)6-4-11)10-15(14)22-18(24)16-2-1-9-25-16/h1-10H,(H,21,23)(H,22,24). The Morgan fingerprint density at radius 3 is 2.40 bits per heavy atom. The van der Waals surface area contributed by atoms with E-state index in [1.807, 2.05) is 12.1 Å². The van der Waals surface area contributed by atoms with Crippen LogP contribution in [-0.4, -0.2) is 11.8 Å². The number of rotatable bonds is 4. The Morgan fingerprint density at radius 2 is 1.72 bits per heavy atom. The average molecular weight is 467 g/mol. The highest BCUT2D eigenvalue weighted by molar-refractivity contribution is 14.1. The first-order valence-electron chi connectivity index (χ1n) is 7.24. The second-order valence-corrected chi connectivity index (χ2v) is 6.74. The molecule has 0 saturated carbocycles. The molecule has 3 aromatic rings. The van der Waals surface area contributed by atoms with Crippen LogP contribution in [0.2, 0.25) is 5.02 Å². The molecule has 0 saturated heterocycles. The summed E-state index contributed by atoms with van der Waals surface area (Å²) in [5, 5.41) is 5.79. The second-order valence-electron chi connectivity index (χ2n) is 5.09. The van der Waals surface area contributed by atoms with E-state index in [2.05, 4.69) is 33.2 Å². The Labute approximate surface area is 162 Å². The van der Waals surface area contributed by atoms with Crippen LogP contribution in [0.25, 0.3) is 0 Å². The van der Waals surface area contributed by atoms with Crippen LogP contribution in [0, 0.1) is 3.57 Å². The number of nitrogens with one attached hydrogen (secondary N) is 2. The molecule has 0 bridgehead atoms. The summed E-state index contributed by atoms with van der Waals surface area (Å²) in [5.41, 5.74) is 1.43. The van der Waals surface area contributed by atoms with Crippen molar-refractivity contribution in [3.63, 3.8) is 0 Å². The van der Waals surface area contributed by atoms with Gasteiger partial charge in [0, 0.05) is 14.8 Å². The van der Waals surface area contributed by atoms with Gasteiger partial charge >= 0.3 is 0 Å². The van der Waals surface area contributed by atoms with Gasteiger partial charge < -0.3 is 15.1 Å². The molecule has 25 heavy (non-hydrogen) atoms. The molecule has 7 heteroatoms. The van der Waals surface area contributed by atoms with Gasteiger partial charge in [0.05, 0.1) is 17.0 Å². The number of carbonyl (C=O) groups is 2. The van der Waals surface area contributed by atoms with Crippen LogP contribution in [0.4, 0.5) is 11.4 Å². The van der Waals surface area contributed by atoms with Crippen molar-refractivity contribution in [2.24, 2.45) is 0 Å². The molecule has 5 nitrogen and oxygen atoms in total. The molecule has 3 rings (SSSR count). The number of benzene rings is 2. The summed E-state index contributed by atoms with van der Waals surface area (Å²) in [5.74, 6) is -0.501. The lowest BCUT2D eigenvalue weighted by Crippen LogP contribution is -2.14. The summed E-state index contributed by atoms with van der Waals surface area (Å²) in [7, 11) is 0. The normalized spacial score (nSPS) is 10.3.